The summed E-state index contributed by atoms with van der Waals surface area (Å²) < 4.78 is 14.8. The van der Waals surface area contributed by atoms with Crippen LogP contribution in [0.15, 0.2) is 51.9 Å². The predicted octanol–water partition coefficient (Wildman–Crippen LogP) is 4.50. The smallest absolute Gasteiger partial charge is 0.191 e. The highest BCUT2D eigenvalue weighted by molar-refractivity contribution is 14.0. The zero-order valence-electron chi connectivity index (χ0n) is 13.9. The Kier molecular flexibility index (Phi) is 8.86. The Morgan fingerprint density at radius 3 is 2.68 bits per heavy atom. The lowest BCUT2D eigenvalue weighted by Crippen LogP contribution is -2.38. The highest BCUT2D eigenvalue weighted by Crippen LogP contribution is 2.22. The molecule has 0 bridgehead atoms. The molecule has 0 aromatic heterocycles. The molecule has 0 saturated heterocycles. The van der Waals surface area contributed by atoms with E-state index >= 15 is 0 Å². The summed E-state index contributed by atoms with van der Waals surface area (Å²) in [6.45, 7) is 2.26. The summed E-state index contributed by atoms with van der Waals surface area (Å²) in [5.74, 6) is 0.204. The first-order valence-corrected chi connectivity index (χ1v) is 8.24. The first kappa shape index (κ1) is 21.4. The van der Waals surface area contributed by atoms with Crippen molar-refractivity contribution >= 4 is 45.9 Å². The summed E-state index contributed by atoms with van der Waals surface area (Å²) in [5.41, 5.74) is 1.95. The van der Waals surface area contributed by atoms with Crippen LogP contribution in [-0.2, 0) is 6.54 Å². The Morgan fingerprint density at radius 2 is 2.04 bits per heavy atom. The normalized spacial score (nSPS) is 11.9. The van der Waals surface area contributed by atoms with Crippen molar-refractivity contribution in [3.05, 3.63) is 69.4 Å². The summed E-state index contributed by atoms with van der Waals surface area (Å²) in [6, 6.07) is 14.2. The fourth-order valence-corrected chi connectivity index (χ4v) is 2.89. The van der Waals surface area contributed by atoms with Gasteiger partial charge in [-0.15, -0.1) is 24.0 Å². The minimum atomic E-state index is -0.351. The number of rotatable bonds is 4. The van der Waals surface area contributed by atoms with Gasteiger partial charge in [-0.3, -0.25) is 4.99 Å². The summed E-state index contributed by atoms with van der Waals surface area (Å²) in [5, 5.41) is 15.2. The molecular formula is C18H19BrFIN4. The molecule has 0 heterocycles. The second-order valence-corrected chi connectivity index (χ2v) is 6.09. The molecule has 132 valence electrons. The number of guanidine groups is 1. The van der Waals surface area contributed by atoms with E-state index < -0.39 is 0 Å². The summed E-state index contributed by atoms with van der Waals surface area (Å²) in [7, 11) is 1.66. The van der Waals surface area contributed by atoms with E-state index in [2.05, 4.69) is 31.6 Å². The van der Waals surface area contributed by atoms with Gasteiger partial charge in [0.1, 0.15) is 5.82 Å². The highest BCUT2D eigenvalue weighted by atomic mass is 127. The van der Waals surface area contributed by atoms with Gasteiger partial charge in [-0.2, -0.15) is 5.26 Å². The van der Waals surface area contributed by atoms with Crippen molar-refractivity contribution in [2.75, 3.05) is 7.05 Å². The molecule has 1 unspecified atom stereocenters. The van der Waals surface area contributed by atoms with E-state index in [0.29, 0.717) is 17.1 Å². The molecule has 0 aliphatic carbocycles. The summed E-state index contributed by atoms with van der Waals surface area (Å²) in [4.78, 5) is 4.16. The number of nitrogens with zero attached hydrogens (tertiary/aromatic N) is 2. The third kappa shape index (κ3) is 5.97. The molecule has 2 aromatic rings. The van der Waals surface area contributed by atoms with Gasteiger partial charge in [-0.05, 0) is 36.8 Å². The van der Waals surface area contributed by atoms with Crippen molar-refractivity contribution in [2.45, 2.75) is 19.5 Å². The summed E-state index contributed by atoms with van der Waals surface area (Å²) >= 11 is 3.53. The van der Waals surface area contributed by atoms with Gasteiger partial charge in [0.05, 0.1) is 17.7 Å². The third-order valence-electron chi connectivity index (χ3n) is 3.57. The second kappa shape index (κ2) is 10.4. The number of nitrogens with one attached hydrogen (secondary N) is 2. The van der Waals surface area contributed by atoms with E-state index in [0.717, 1.165) is 10.0 Å². The van der Waals surface area contributed by atoms with Crippen LogP contribution in [0.4, 0.5) is 4.39 Å². The first-order valence-electron chi connectivity index (χ1n) is 7.45. The standard InChI is InChI=1S/C18H18BrFN4.HI/c1-12(15-5-3-4-6-16(15)19)24-18(22-2)23-11-14-9-13(10-21)7-8-17(14)20;/h3-9,12H,11H2,1-2H3,(H2,22,23,24);1H. The Morgan fingerprint density at radius 1 is 1.32 bits per heavy atom. The molecule has 0 fully saturated rings. The minimum Gasteiger partial charge on any atom is -0.352 e. The van der Waals surface area contributed by atoms with Gasteiger partial charge in [0, 0.05) is 23.6 Å². The van der Waals surface area contributed by atoms with Crippen LogP contribution < -0.4 is 10.6 Å². The van der Waals surface area contributed by atoms with Crippen molar-refractivity contribution in [3.63, 3.8) is 0 Å². The molecule has 0 radical (unpaired) electrons. The molecule has 4 nitrogen and oxygen atoms in total. The van der Waals surface area contributed by atoms with E-state index in [1.165, 1.54) is 18.2 Å². The van der Waals surface area contributed by atoms with E-state index in [-0.39, 0.29) is 42.4 Å². The summed E-state index contributed by atoms with van der Waals surface area (Å²) in [6.07, 6.45) is 0. The zero-order chi connectivity index (χ0) is 17.5. The molecule has 0 aliphatic heterocycles. The molecular weight excluding hydrogens is 498 g/mol. The lowest BCUT2D eigenvalue weighted by atomic mass is 10.1. The molecule has 7 heteroatoms. The maximum atomic E-state index is 13.8. The topological polar surface area (TPSA) is 60.2 Å². The van der Waals surface area contributed by atoms with Crippen molar-refractivity contribution in [1.29, 1.82) is 5.26 Å². The molecule has 2 aromatic carbocycles. The van der Waals surface area contributed by atoms with Crippen molar-refractivity contribution in [2.24, 2.45) is 4.99 Å². The molecule has 2 N–H and O–H groups in total. The van der Waals surface area contributed by atoms with Gasteiger partial charge >= 0.3 is 0 Å². The Hall–Kier alpha value is -1.66. The number of hydrogen-bond acceptors (Lipinski definition) is 2. The van der Waals surface area contributed by atoms with Crippen LogP contribution in [0.2, 0.25) is 0 Å². The molecule has 0 aliphatic rings. The Balaban J connectivity index is 0.00000312. The second-order valence-electron chi connectivity index (χ2n) is 5.23. The van der Waals surface area contributed by atoms with Gasteiger partial charge in [0.2, 0.25) is 0 Å². The zero-order valence-corrected chi connectivity index (χ0v) is 17.8. The molecule has 1 atom stereocenters. The van der Waals surface area contributed by atoms with Crippen LogP contribution in [0.5, 0.6) is 0 Å². The molecule has 2 rings (SSSR count). The first-order chi connectivity index (χ1) is 11.5. The van der Waals surface area contributed by atoms with Gasteiger partial charge in [-0.25, -0.2) is 4.39 Å². The average molecular weight is 517 g/mol. The van der Waals surface area contributed by atoms with Crippen LogP contribution in [0, 0.1) is 17.1 Å². The number of halogens is 3. The lowest BCUT2D eigenvalue weighted by Gasteiger charge is -2.19. The fraction of sp³-hybridized carbons (Fsp3) is 0.222. The number of aliphatic imine (C=N–C) groups is 1. The van der Waals surface area contributed by atoms with E-state index in [4.69, 9.17) is 5.26 Å². The van der Waals surface area contributed by atoms with E-state index in [1.54, 1.807) is 7.05 Å². The van der Waals surface area contributed by atoms with Crippen molar-refractivity contribution in [1.82, 2.24) is 10.6 Å². The maximum absolute atomic E-state index is 13.8. The number of benzene rings is 2. The van der Waals surface area contributed by atoms with Crippen LogP contribution in [0.1, 0.15) is 29.7 Å². The molecule has 25 heavy (non-hydrogen) atoms. The molecule has 0 amide bonds. The Labute approximate surface area is 172 Å². The molecule has 0 saturated carbocycles. The van der Waals surface area contributed by atoms with Crippen molar-refractivity contribution in [3.8, 4) is 6.07 Å². The van der Waals surface area contributed by atoms with Crippen LogP contribution in [0.3, 0.4) is 0 Å². The van der Waals surface area contributed by atoms with Crippen LogP contribution in [-0.4, -0.2) is 13.0 Å². The maximum Gasteiger partial charge on any atom is 0.191 e. The van der Waals surface area contributed by atoms with Gasteiger partial charge in [0.15, 0.2) is 5.96 Å². The SMILES string of the molecule is CN=C(NCc1cc(C#N)ccc1F)NC(C)c1ccccc1Br.I. The van der Waals surface area contributed by atoms with Crippen molar-refractivity contribution < 1.29 is 4.39 Å². The third-order valence-corrected chi connectivity index (χ3v) is 4.29. The largest absolute Gasteiger partial charge is 0.352 e. The molecule has 0 spiro atoms. The average Bonchev–Trinajstić information content (AvgIpc) is 2.60. The van der Waals surface area contributed by atoms with Gasteiger partial charge in [-0.1, -0.05) is 34.1 Å². The lowest BCUT2D eigenvalue weighted by molar-refractivity contribution is 0.602. The minimum absolute atomic E-state index is 0. The number of nitriles is 1. The van der Waals surface area contributed by atoms with Gasteiger partial charge < -0.3 is 10.6 Å². The quantitative estimate of drug-likeness (QED) is 0.357. The monoisotopic (exact) mass is 516 g/mol. The van der Waals surface area contributed by atoms with Crippen LogP contribution >= 0.6 is 39.9 Å². The highest BCUT2D eigenvalue weighted by Gasteiger charge is 2.11. The fourth-order valence-electron chi connectivity index (χ4n) is 2.26. The van der Waals surface area contributed by atoms with E-state index in [9.17, 15) is 4.39 Å². The Bertz CT molecular complexity index is 789. The van der Waals surface area contributed by atoms with Crippen LogP contribution in [0.25, 0.3) is 0 Å². The predicted molar refractivity (Wildman–Crippen MR) is 112 cm³/mol. The number of hydrogen-bond donors (Lipinski definition) is 2. The van der Waals surface area contributed by atoms with E-state index in [1.807, 2.05) is 37.3 Å². The van der Waals surface area contributed by atoms with Gasteiger partial charge in [0.25, 0.3) is 0 Å².